The van der Waals surface area contributed by atoms with Crippen molar-refractivity contribution in [3.63, 3.8) is 0 Å². The molecular formula is C19H18N2O. The maximum absolute atomic E-state index is 12.5. The molecule has 2 aromatic rings. The first-order valence-electron chi connectivity index (χ1n) is 7.25. The Kier molecular flexibility index (Phi) is 5.50. The van der Waals surface area contributed by atoms with Crippen LogP contribution in [0.4, 0.5) is 0 Å². The van der Waals surface area contributed by atoms with Crippen LogP contribution in [0.2, 0.25) is 0 Å². The zero-order chi connectivity index (χ0) is 15.8. The summed E-state index contributed by atoms with van der Waals surface area (Å²) in [7, 11) is 0. The van der Waals surface area contributed by atoms with Crippen molar-refractivity contribution in [2.24, 2.45) is 0 Å². The van der Waals surface area contributed by atoms with Crippen LogP contribution in [-0.4, -0.2) is 23.9 Å². The molecule has 0 saturated heterocycles. The number of rotatable bonds is 5. The number of benzene rings is 2. The number of likely N-dealkylation sites (N-methyl/N-ethyl adjacent to an activating group) is 1. The second-order valence-corrected chi connectivity index (χ2v) is 4.85. The molecule has 3 nitrogen and oxygen atoms in total. The van der Waals surface area contributed by atoms with Crippen molar-refractivity contribution >= 4 is 12.0 Å². The Balaban J connectivity index is 2.06. The molecule has 3 heteroatoms. The molecule has 0 aliphatic carbocycles. The van der Waals surface area contributed by atoms with E-state index in [4.69, 9.17) is 5.26 Å². The molecule has 2 aromatic carbocycles. The monoisotopic (exact) mass is 290 g/mol. The smallest absolute Gasteiger partial charge is 0.254 e. The predicted octanol–water partition coefficient (Wildman–Crippen LogP) is 3.73. The molecule has 0 spiro atoms. The van der Waals surface area contributed by atoms with Crippen LogP contribution in [0.3, 0.4) is 0 Å². The van der Waals surface area contributed by atoms with Gasteiger partial charge in [-0.15, -0.1) is 0 Å². The third-order valence-corrected chi connectivity index (χ3v) is 3.34. The SMILES string of the molecule is CCN(CC=Cc1ccccc1)C(=O)c1cccc(C#N)c1. The molecule has 0 heterocycles. The van der Waals surface area contributed by atoms with Crippen molar-refractivity contribution in [3.8, 4) is 6.07 Å². The first-order valence-corrected chi connectivity index (χ1v) is 7.25. The fraction of sp³-hybridized carbons (Fsp3) is 0.158. The van der Waals surface area contributed by atoms with Gasteiger partial charge in [-0.3, -0.25) is 4.79 Å². The molecule has 110 valence electrons. The van der Waals surface area contributed by atoms with Gasteiger partial charge in [0.1, 0.15) is 0 Å². The lowest BCUT2D eigenvalue weighted by atomic mass is 10.1. The van der Waals surface area contributed by atoms with Crippen LogP contribution in [0, 0.1) is 11.3 Å². The summed E-state index contributed by atoms with van der Waals surface area (Å²) in [6, 6.07) is 18.8. The van der Waals surface area contributed by atoms with Gasteiger partial charge in [-0.05, 0) is 30.7 Å². The predicted molar refractivity (Wildman–Crippen MR) is 88.2 cm³/mol. The second kappa shape index (κ2) is 7.80. The maximum atomic E-state index is 12.5. The lowest BCUT2D eigenvalue weighted by Gasteiger charge is -2.19. The summed E-state index contributed by atoms with van der Waals surface area (Å²) in [5.41, 5.74) is 2.16. The average molecular weight is 290 g/mol. The van der Waals surface area contributed by atoms with Crippen LogP contribution in [0.25, 0.3) is 6.08 Å². The lowest BCUT2D eigenvalue weighted by molar-refractivity contribution is 0.0782. The minimum atomic E-state index is -0.0580. The Bertz CT molecular complexity index is 699. The Morgan fingerprint density at radius 3 is 2.64 bits per heavy atom. The van der Waals surface area contributed by atoms with Crippen LogP contribution >= 0.6 is 0 Å². The zero-order valence-electron chi connectivity index (χ0n) is 12.6. The van der Waals surface area contributed by atoms with Gasteiger partial charge in [0, 0.05) is 18.7 Å². The molecule has 0 unspecified atom stereocenters. The van der Waals surface area contributed by atoms with Crippen LogP contribution in [0.15, 0.2) is 60.7 Å². The topological polar surface area (TPSA) is 44.1 Å². The third-order valence-electron chi connectivity index (χ3n) is 3.34. The van der Waals surface area contributed by atoms with Crippen molar-refractivity contribution in [2.45, 2.75) is 6.92 Å². The molecular weight excluding hydrogens is 272 g/mol. The van der Waals surface area contributed by atoms with Crippen molar-refractivity contribution < 1.29 is 4.79 Å². The van der Waals surface area contributed by atoms with E-state index in [1.165, 1.54) is 0 Å². The number of carbonyl (C=O) groups is 1. The van der Waals surface area contributed by atoms with Gasteiger partial charge in [-0.1, -0.05) is 48.6 Å². The largest absolute Gasteiger partial charge is 0.335 e. The highest BCUT2D eigenvalue weighted by molar-refractivity contribution is 5.94. The van der Waals surface area contributed by atoms with Crippen LogP contribution in [0.1, 0.15) is 28.4 Å². The minimum Gasteiger partial charge on any atom is -0.335 e. The molecule has 0 fully saturated rings. The molecule has 0 saturated carbocycles. The van der Waals surface area contributed by atoms with Crippen molar-refractivity contribution in [1.29, 1.82) is 5.26 Å². The molecule has 0 radical (unpaired) electrons. The standard InChI is InChI=1S/C19H18N2O/c1-2-21(13-7-11-16-8-4-3-5-9-16)19(22)18-12-6-10-17(14-18)15-20/h3-12,14H,2,13H2,1H3. The van der Waals surface area contributed by atoms with E-state index in [2.05, 4.69) is 6.07 Å². The van der Waals surface area contributed by atoms with E-state index < -0.39 is 0 Å². The fourth-order valence-corrected chi connectivity index (χ4v) is 2.14. The highest BCUT2D eigenvalue weighted by Gasteiger charge is 2.13. The number of amides is 1. The summed E-state index contributed by atoms with van der Waals surface area (Å²) < 4.78 is 0. The normalized spacial score (nSPS) is 10.4. The number of nitriles is 1. The average Bonchev–Trinajstić information content (AvgIpc) is 2.59. The van der Waals surface area contributed by atoms with Crippen LogP contribution in [-0.2, 0) is 0 Å². The van der Waals surface area contributed by atoms with E-state index in [-0.39, 0.29) is 5.91 Å². The lowest BCUT2D eigenvalue weighted by Crippen LogP contribution is -2.30. The van der Waals surface area contributed by atoms with Gasteiger partial charge in [0.05, 0.1) is 11.6 Å². The Morgan fingerprint density at radius 2 is 1.95 bits per heavy atom. The van der Waals surface area contributed by atoms with E-state index in [0.29, 0.717) is 24.2 Å². The summed E-state index contributed by atoms with van der Waals surface area (Å²) in [5.74, 6) is -0.0580. The first-order chi connectivity index (χ1) is 10.7. The Hall–Kier alpha value is -2.86. The summed E-state index contributed by atoms with van der Waals surface area (Å²) in [4.78, 5) is 14.2. The summed E-state index contributed by atoms with van der Waals surface area (Å²) in [5, 5.41) is 8.92. The van der Waals surface area contributed by atoms with Gasteiger partial charge in [0.15, 0.2) is 0 Å². The van der Waals surface area contributed by atoms with E-state index in [9.17, 15) is 4.79 Å². The molecule has 0 bridgehead atoms. The molecule has 0 N–H and O–H groups in total. The van der Waals surface area contributed by atoms with Crippen LogP contribution < -0.4 is 0 Å². The van der Waals surface area contributed by atoms with E-state index in [0.717, 1.165) is 5.56 Å². The first kappa shape index (κ1) is 15.5. The molecule has 22 heavy (non-hydrogen) atoms. The number of hydrogen-bond acceptors (Lipinski definition) is 2. The van der Waals surface area contributed by atoms with Gasteiger partial charge in [0.25, 0.3) is 5.91 Å². The van der Waals surface area contributed by atoms with Crippen molar-refractivity contribution in [1.82, 2.24) is 4.90 Å². The third kappa shape index (κ3) is 4.07. The highest BCUT2D eigenvalue weighted by atomic mass is 16.2. The van der Waals surface area contributed by atoms with E-state index >= 15 is 0 Å². The summed E-state index contributed by atoms with van der Waals surface area (Å²) in [6.07, 6.45) is 3.98. The van der Waals surface area contributed by atoms with Crippen molar-refractivity contribution in [3.05, 3.63) is 77.4 Å². The van der Waals surface area contributed by atoms with Gasteiger partial charge >= 0.3 is 0 Å². The van der Waals surface area contributed by atoms with Crippen molar-refractivity contribution in [2.75, 3.05) is 13.1 Å². The quantitative estimate of drug-likeness (QED) is 0.842. The number of hydrogen-bond donors (Lipinski definition) is 0. The zero-order valence-corrected chi connectivity index (χ0v) is 12.6. The van der Waals surface area contributed by atoms with Gasteiger partial charge in [0.2, 0.25) is 0 Å². The van der Waals surface area contributed by atoms with Crippen LogP contribution in [0.5, 0.6) is 0 Å². The molecule has 1 amide bonds. The molecule has 0 aliphatic rings. The molecule has 2 rings (SSSR count). The van der Waals surface area contributed by atoms with E-state index in [1.807, 2.05) is 49.4 Å². The summed E-state index contributed by atoms with van der Waals surface area (Å²) in [6.45, 7) is 3.11. The maximum Gasteiger partial charge on any atom is 0.254 e. The summed E-state index contributed by atoms with van der Waals surface area (Å²) >= 11 is 0. The highest BCUT2D eigenvalue weighted by Crippen LogP contribution is 2.09. The molecule has 0 aliphatic heterocycles. The number of carbonyl (C=O) groups excluding carboxylic acids is 1. The minimum absolute atomic E-state index is 0.0580. The van der Waals surface area contributed by atoms with E-state index in [1.54, 1.807) is 29.2 Å². The molecule has 0 aromatic heterocycles. The van der Waals surface area contributed by atoms with Gasteiger partial charge in [-0.2, -0.15) is 5.26 Å². The van der Waals surface area contributed by atoms with Gasteiger partial charge in [-0.25, -0.2) is 0 Å². The Labute approximate surface area is 131 Å². The Morgan fingerprint density at radius 1 is 1.18 bits per heavy atom. The molecule has 0 atom stereocenters. The fourth-order valence-electron chi connectivity index (χ4n) is 2.14. The van der Waals surface area contributed by atoms with Gasteiger partial charge < -0.3 is 4.90 Å². The second-order valence-electron chi connectivity index (χ2n) is 4.85. The number of nitrogens with zero attached hydrogens (tertiary/aromatic N) is 2.